The number of aliphatic hydroxyl groups excluding tert-OH is 1. The van der Waals surface area contributed by atoms with Crippen LogP contribution in [0.4, 0.5) is 4.79 Å². The highest BCUT2D eigenvalue weighted by molar-refractivity contribution is 5.74. The van der Waals surface area contributed by atoms with Crippen molar-refractivity contribution in [2.45, 2.75) is 39.2 Å². The molecule has 2 amide bonds. The van der Waals surface area contributed by atoms with Gasteiger partial charge < -0.3 is 15.3 Å². The van der Waals surface area contributed by atoms with E-state index in [1.807, 2.05) is 6.92 Å². The molecule has 0 radical (unpaired) electrons. The predicted octanol–water partition coefficient (Wildman–Crippen LogP) is 2.20. The Morgan fingerprint density at radius 3 is 2.59 bits per heavy atom. The Morgan fingerprint density at radius 2 is 2.00 bits per heavy atom. The van der Waals surface area contributed by atoms with E-state index in [2.05, 4.69) is 36.5 Å². The average Bonchev–Trinajstić information content (AvgIpc) is 2.84. The Bertz CT molecular complexity index is 533. The minimum Gasteiger partial charge on any atom is -0.391 e. The summed E-state index contributed by atoms with van der Waals surface area (Å²) >= 11 is 0. The standard InChI is InChI=1S/C18H26N2O2/c1-13-7-8-20(11-16(13)21)17(22)19-12-18(2)9-14-5-3-4-6-15(14)10-18/h3-6,13,16,21H,7-12H2,1-2H3,(H,19,22). The van der Waals surface area contributed by atoms with Crippen LogP contribution in [0.5, 0.6) is 0 Å². The number of carbonyl (C=O) groups excluding carboxylic acids is 1. The maximum Gasteiger partial charge on any atom is 0.317 e. The molecule has 1 aliphatic carbocycles. The molecule has 1 aromatic rings. The van der Waals surface area contributed by atoms with E-state index in [-0.39, 0.29) is 17.4 Å². The molecule has 120 valence electrons. The van der Waals surface area contributed by atoms with E-state index in [0.29, 0.717) is 13.1 Å². The van der Waals surface area contributed by atoms with Crippen LogP contribution in [0.2, 0.25) is 0 Å². The lowest BCUT2D eigenvalue weighted by Crippen LogP contribution is -2.51. The topological polar surface area (TPSA) is 52.6 Å². The molecule has 4 nitrogen and oxygen atoms in total. The molecule has 2 aliphatic rings. The summed E-state index contributed by atoms with van der Waals surface area (Å²) in [4.78, 5) is 14.1. The Kier molecular flexibility index (Phi) is 4.13. The quantitative estimate of drug-likeness (QED) is 0.880. The average molecular weight is 302 g/mol. The molecule has 3 rings (SSSR count). The normalized spacial score (nSPS) is 26.6. The molecule has 0 bridgehead atoms. The summed E-state index contributed by atoms with van der Waals surface area (Å²) in [5.41, 5.74) is 2.91. The van der Waals surface area contributed by atoms with Crippen LogP contribution in [0, 0.1) is 11.3 Å². The van der Waals surface area contributed by atoms with Gasteiger partial charge in [-0.1, -0.05) is 38.1 Å². The third-order valence-corrected chi connectivity index (χ3v) is 5.23. The highest BCUT2D eigenvalue weighted by atomic mass is 16.3. The summed E-state index contributed by atoms with van der Waals surface area (Å²) in [6.07, 6.45) is 2.51. The van der Waals surface area contributed by atoms with Gasteiger partial charge in [0.05, 0.1) is 6.10 Å². The minimum absolute atomic E-state index is 0.0388. The first kappa shape index (κ1) is 15.3. The molecule has 1 fully saturated rings. The van der Waals surface area contributed by atoms with Gasteiger partial charge in [0.1, 0.15) is 0 Å². The van der Waals surface area contributed by atoms with Crippen LogP contribution in [-0.4, -0.2) is 41.8 Å². The number of nitrogens with zero attached hydrogens (tertiary/aromatic N) is 1. The van der Waals surface area contributed by atoms with E-state index in [1.165, 1.54) is 11.1 Å². The number of fused-ring (bicyclic) bond motifs is 1. The number of benzene rings is 1. The van der Waals surface area contributed by atoms with Gasteiger partial charge in [0.25, 0.3) is 0 Å². The highest BCUT2D eigenvalue weighted by Gasteiger charge is 2.34. The number of amides is 2. The van der Waals surface area contributed by atoms with Gasteiger partial charge >= 0.3 is 6.03 Å². The smallest absolute Gasteiger partial charge is 0.317 e. The fourth-order valence-electron chi connectivity index (χ4n) is 3.64. The van der Waals surface area contributed by atoms with Crippen LogP contribution >= 0.6 is 0 Å². The summed E-state index contributed by atoms with van der Waals surface area (Å²) < 4.78 is 0. The number of nitrogens with one attached hydrogen (secondary N) is 1. The van der Waals surface area contributed by atoms with Crippen LogP contribution in [0.1, 0.15) is 31.4 Å². The Hall–Kier alpha value is -1.55. The lowest BCUT2D eigenvalue weighted by Gasteiger charge is -2.35. The van der Waals surface area contributed by atoms with E-state index in [0.717, 1.165) is 25.8 Å². The molecule has 1 aromatic carbocycles. The number of likely N-dealkylation sites (tertiary alicyclic amines) is 1. The first-order valence-corrected chi connectivity index (χ1v) is 8.24. The number of hydrogen-bond acceptors (Lipinski definition) is 2. The first-order chi connectivity index (χ1) is 10.5. The van der Waals surface area contributed by atoms with Gasteiger partial charge in [0.2, 0.25) is 0 Å². The molecule has 0 spiro atoms. The van der Waals surface area contributed by atoms with Crippen molar-refractivity contribution in [3.8, 4) is 0 Å². The Labute approximate surface area is 132 Å². The SMILES string of the molecule is CC1CCN(C(=O)NCC2(C)Cc3ccccc3C2)CC1O. The molecule has 2 unspecified atom stereocenters. The number of aliphatic hydroxyl groups is 1. The summed E-state index contributed by atoms with van der Waals surface area (Å²) in [7, 11) is 0. The molecular formula is C18H26N2O2. The summed E-state index contributed by atoms with van der Waals surface area (Å²) in [6, 6.07) is 8.50. The third-order valence-electron chi connectivity index (χ3n) is 5.23. The van der Waals surface area contributed by atoms with Gasteiger partial charge in [-0.3, -0.25) is 0 Å². The number of rotatable bonds is 2. The van der Waals surface area contributed by atoms with E-state index in [4.69, 9.17) is 0 Å². The van der Waals surface area contributed by atoms with Crippen LogP contribution in [0.3, 0.4) is 0 Å². The minimum atomic E-state index is -0.397. The Balaban J connectivity index is 1.54. The molecule has 1 saturated heterocycles. The van der Waals surface area contributed by atoms with E-state index >= 15 is 0 Å². The second-order valence-corrected chi connectivity index (χ2v) is 7.37. The molecule has 0 saturated carbocycles. The van der Waals surface area contributed by atoms with Gasteiger partial charge in [0, 0.05) is 19.6 Å². The molecule has 2 atom stereocenters. The van der Waals surface area contributed by atoms with Crippen molar-refractivity contribution >= 4 is 6.03 Å². The van der Waals surface area contributed by atoms with Crippen molar-refractivity contribution in [2.75, 3.05) is 19.6 Å². The van der Waals surface area contributed by atoms with E-state index in [1.54, 1.807) is 4.90 Å². The first-order valence-electron chi connectivity index (χ1n) is 8.24. The van der Waals surface area contributed by atoms with Gasteiger partial charge in [-0.2, -0.15) is 0 Å². The number of urea groups is 1. The van der Waals surface area contributed by atoms with Crippen LogP contribution in [0.25, 0.3) is 0 Å². The van der Waals surface area contributed by atoms with Gasteiger partial charge in [0.15, 0.2) is 0 Å². The number of piperidine rings is 1. The van der Waals surface area contributed by atoms with Crippen molar-refractivity contribution in [1.29, 1.82) is 0 Å². The number of carbonyl (C=O) groups is 1. The highest BCUT2D eigenvalue weighted by Crippen LogP contribution is 2.36. The van der Waals surface area contributed by atoms with Crippen LogP contribution in [0.15, 0.2) is 24.3 Å². The lowest BCUT2D eigenvalue weighted by molar-refractivity contribution is 0.0430. The van der Waals surface area contributed by atoms with Crippen molar-refractivity contribution < 1.29 is 9.90 Å². The second kappa shape index (κ2) is 5.92. The number of hydrogen-bond donors (Lipinski definition) is 2. The zero-order chi connectivity index (χ0) is 15.7. The van der Waals surface area contributed by atoms with E-state index < -0.39 is 6.10 Å². The molecule has 2 N–H and O–H groups in total. The fraction of sp³-hybridized carbons (Fsp3) is 0.611. The van der Waals surface area contributed by atoms with Gasteiger partial charge in [-0.05, 0) is 41.7 Å². The molecular weight excluding hydrogens is 276 g/mol. The molecule has 1 heterocycles. The van der Waals surface area contributed by atoms with Crippen LogP contribution < -0.4 is 5.32 Å². The molecule has 4 heteroatoms. The maximum absolute atomic E-state index is 12.3. The predicted molar refractivity (Wildman–Crippen MR) is 86.7 cm³/mol. The van der Waals surface area contributed by atoms with E-state index in [9.17, 15) is 9.90 Å². The number of β-amino-alcohol motifs (C(OH)–C–C–N with tert-alkyl or cyclic N) is 1. The van der Waals surface area contributed by atoms with Crippen molar-refractivity contribution in [3.63, 3.8) is 0 Å². The Morgan fingerprint density at radius 1 is 1.36 bits per heavy atom. The third kappa shape index (κ3) is 3.12. The molecule has 1 aliphatic heterocycles. The maximum atomic E-state index is 12.3. The monoisotopic (exact) mass is 302 g/mol. The summed E-state index contributed by atoms with van der Waals surface area (Å²) in [5.74, 6) is 0.283. The van der Waals surface area contributed by atoms with Gasteiger partial charge in [-0.25, -0.2) is 4.79 Å². The zero-order valence-corrected chi connectivity index (χ0v) is 13.5. The molecule has 22 heavy (non-hydrogen) atoms. The zero-order valence-electron chi connectivity index (χ0n) is 13.5. The van der Waals surface area contributed by atoms with Gasteiger partial charge in [-0.15, -0.1) is 0 Å². The molecule has 0 aromatic heterocycles. The van der Waals surface area contributed by atoms with Crippen molar-refractivity contribution in [1.82, 2.24) is 10.2 Å². The summed E-state index contributed by atoms with van der Waals surface area (Å²) in [5, 5.41) is 13.0. The lowest BCUT2D eigenvalue weighted by atomic mass is 9.87. The summed E-state index contributed by atoms with van der Waals surface area (Å²) in [6.45, 7) is 6.14. The van der Waals surface area contributed by atoms with Crippen LogP contribution in [-0.2, 0) is 12.8 Å². The second-order valence-electron chi connectivity index (χ2n) is 7.37. The largest absolute Gasteiger partial charge is 0.391 e. The van der Waals surface area contributed by atoms with Crippen molar-refractivity contribution in [3.05, 3.63) is 35.4 Å². The van der Waals surface area contributed by atoms with Crippen molar-refractivity contribution in [2.24, 2.45) is 11.3 Å². The fourth-order valence-corrected chi connectivity index (χ4v) is 3.64.